The van der Waals surface area contributed by atoms with Crippen LogP contribution in [0.1, 0.15) is 61.4 Å². The van der Waals surface area contributed by atoms with E-state index in [2.05, 4.69) is 54.8 Å². The van der Waals surface area contributed by atoms with Crippen LogP contribution in [-0.4, -0.2) is 17.9 Å². The second-order valence-corrected chi connectivity index (χ2v) is 8.01. The van der Waals surface area contributed by atoms with Crippen molar-refractivity contribution in [3.8, 4) is 5.75 Å². The van der Waals surface area contributed by atoms with Gasteiger partial charge in [0.1, 0.15) is 12.4 Å². The Bertz CT molecular complexity index is 881. The molecule has 2 aromatic carbocycles. The number of nitrogens with zero attached hydrogens (tertiary/aromatic N) is 1. The third kappa shape index (κ3) is 6.72. The van der Waals surface area contributed by atoms with Gasteiger partial charge in [-0.25, -0.2) is 0 Å². The number of thiocarbonyl (C=S) groups is 1. The van der Waals surface area contributed by atoms with Gasteiger partial charge < -0.3 is 10.1 Å². The molecule has 0 saturated heterocycles. The van der Waals surface area contributed by atoms with Crippen LogP contribution in [0.2, 0.25) is 5.02 Å². The van der Waals surface area contributed by atoms with Gasteiger partial charge >= 0.3 is 0 Å². The normalized spacial score (nSPS) is 11.1. The van der Waals surface area contributed by atoms with Gasteiger partial charge in [0.2, 0.25) is 0 Å². The standard InChI is InChI=1S/C23H30ClN3OS/c1-6-18-9-8-17(13-26-27-23(29)25-7-2)11-19(18)14-28-22-10-16(5)21(24)12-20(22)15(3)4/h8-13,15H,6-7,14H2,1-5H3,(H2,25,27,29)/b26-13+. The van der Waals surface area contributed by atoms with Gasteiger partial charge in [-0.1, -0.05) is 44.5 Å². The predicted molar refractivity (Wildman–Crippen MR) is 127 cm³/mol. The molecule has 0 unspecified atom stereocenters. The number of halogens is 1. The summed E-state index contributed by atoms with van der Waals surface area (Å²) in [7, 11) is 0. The number of nitrogens with one attached hydrogen (secondary N) is 2. The molecule has 0 aliphatic rings. The summed E-state index contributed by atoms with van der Waals surface area (Å²) in [5.74, 6) is 1.22. The Morgan fingerprint density at radius 3 is 2.62 bits per heavy atom. The van der Waals surface area contributed by atoms with Crippen LogP contribution >= 0.6 is 23.8 Å². The molecule has 2 N–H and O–H groups in total. The van der Waals surface area contributed by atoms with E-state index in [1.165, 1.54) is 5.56 Å². The highest BCUT2D eigenvalue weighted by atomic mass is 35.5. The molecular formula is C23H30ClN3OS. The molecule has 0 heterocycles. The summed E-state index contributed by atoms with van der Waals surface area (Å²) in [6.45, 7) is 11.7. The topological polar surface area (TPSA) is 45.7 Å². The SMILES string of the molecule is CCNC(=S)N/N=C/c1ccc(CC)c(COc2cc(C)c(Cl)cc2C(C)C)c1. The van der Waals surface area contributed by atoms with Crippen LogP contribution < -0.4 is 15.5 Å². The van der Waals surface area contributed by atoms with Gasteiger partial charge in [0.25, 0.3) is 0 Å². The van der Waals surface area contributed by atoms with E-state index in [1.54, 1.807) is 6.21 Å². The van der Waals surface area contributed by atoms with Crippen molar-refractivity contribution in [2.45, 2.75) is 53.6 Å². The van der Waals surface area contributed by atoms with E-state index >= 15 is 0 Å². The summed E-state index contributed by atoms with van der Waals surface area (Å²) in [5, 5.41) is 8.48. The molecule has 0 saturated carbocycles. The lowest BCUT2D eigenvalue weighted by atomic mass is 10.00. The monoisotopic (exact) mass is 431 g/mol. The molecule has 0 spiro atoms. The predicted octanol–water partition coefficient (Wildman–Crippen LogP) is 5.73. The average molecular weight is 432 g/mol. The fourth-order valence-electron chi connectivity index (χ4n) is 2.97. The molecular weight excluding hydrogens is 402 g/mol. The first-order valence-electron chi connectivity index (χ1n) is 9.97. The molecule has 0 bridgehead atoms. The zero-order valence-electron chi connectivity index (χ0n) is 17.8. The van der Waals surface area contributed by atoms with Gasteiger partial charge in [0.05, 0.1) is 6.21 Å². The van der Waals surface area contributed by atoms with Crippen molar-refractivity contribution < 1.29 is 4.74 Å². The Morgan fingerprint density at radius 2 is 1.97 bits per heavy atom. The summed E-state index contributed by atoms with van der Waals surface area (Å²) in [5.41, 5.74) is 8.35. The number of hydrazone groups is 1. The molecule has 0 atom stereocenters. The lowest BCUT2D eigenvalue weighted by Crippen LogP contribution is -2.31. The van der Waals surface area contributed by atoms with Gasteiger partial charge in [-0.3, -0.25) is 5.43 Å². The lowest BCUT2D eigenvalue weighted by Gasteiger charge is -2.17. The van der Waals surface area contributed by atoms with Crippen molar-refractivity contribution in [2.75, 3.05) is 6.54 Å². The van der Waals surface area contributed by atoms with Crippen molar-refractivity contribution in [3.05, 3.63) is 63.2 Å². The molecule has 0 amide bonds. The highest BCUT2D eigenvalue weighted by molar-refractivity contribution is 7.80. The number of hydrogen-bond acceptors (Lipinski definition) is 3. The van der Waals surface area contributed by atoms with Crippen molar-refractivity contribution in [1.29, 1.82) is 0 Å². The Morgan fingerprint density at radius 1 is 1.21 bits per heavy atom. The zero-order chi connectivity index (χ0) is 21.4. The van der Waals surface area contributed by atoms with E-state index in [0.717, 1.165) is 46.0 Å². The Labute approximate surface area is 184 Å². The number of rotatable bonds is 8. The molecule has 0 fully saturated rings. The summed E-state index contributed by atoms with van der Waals surface area (Å²) in [6.07, 6.45) is 2.70. The van der Waals surface area contributed by atoms with Crippen LogP contribution in [0.15, 0.2) is 35.4 Å². The molecule has 2 rings (SSSR count). The third-order valence-corrected chi connectivity index (χ3v) is 5.27. The Balaban J connectivity index is 2.19. The van der Waals surface area contributed by atoms with Crippen LogP contribution in [0.5, 0.6) is 5.75 Å². The number of ether oxygens (including phenoxy) is 1. The molecule has 0 radical (unpaired) electrons. The summed E-state index contributed by atoms with van der Waals surface area (Å²) in [6, 6.07) is 10.3. The van der Waals surface area contributed by atoms with E-state index in [1.807, 2.05) is 26.0 Å². The minimum atomic E-state index is 0.332. The van der Waals surface area contributed by atoms with E-state index in [9.17, 15) is 0 Å². The van der Waals surface area contributed by atoms with Crippen LogP contribution in [0, 0.1) is 6.92 Å². The van der Waals surface area contributed by atoms with Crippen LogP contribution in [0.3, 0.4) is 0 Å². The summed E-state index contributed by atoms with van der Waals surface area (Å²) in [4.78, 5) is 0. The quantitative estimate of drug-likeness (QED) is 0.318. The van der Waals surface area contributed by atoms with Crippen LogP contribution in [-0.2, 0) is 13.0 Å². The minimum absolute atomic E-state index is 0.332. The summed E-state index contributed by atoms with van der Waals surface area (Å²) >= 11 is 11.4. The van der Waals surface area contributed by atoms with E-state index in [0.29, 0.717) is 17.6 Å². The lowest BCUT2D eigenvalue weighted by molar-refractivity contribution is 0.300. The average Bonchev–Trinajstić information content (AvgIpc) is 2.68. The van der Waals surface area contributed by atoms with Crippen molar-refractivity contribution in [1.82, 2.24) is 10.7 Å². The molecule has 6 heteroatoms. The van der Waals surface area contributed by atoms with E-state index in [-0.39, 0.29) is 0 Å². The number of benzene rings is 2. The fourth-order valence-corrected chi connectivity index (χ4v) is 3.34. The maximum absolute atomic E-state index is 6.32. The summed E-state index contributed by atoms with van der Waals surface area (Å²) < 4.78 is 6.24. The fraction of sp³-hybridized carbons (Fsp3) is 0.391. The molecule has 0 aliphatic carbocycles. The number of aryl methyl sites for hydroxylation is 2. The first-order valence-corrected chi connectivity index (χ1v) is 10.8. The molecule has 0 aliphatic heterocycles. The minimum Gasteiger partial charge on any atom is -0.489 e. The highest BCUT2D eigenvalue weighted by Crippen LogP contribution is 2.32. The molecule has 0 aromatic heterocycles. The Kier molecular flexibility index (Phi) is 8.93. The highest BCUT2D eigenvalue weighted by Gasteiger charge is 2.12. The second-order valence-electron chi connectivity index (χ2n) is 7.19. The van der Waals surface area contributed by atoms with Crippen molar-refractivity contribution in [2.24, 2.45) is 5.10 Å². The smallest absolute Gasteiger partial charge is 0.186 e. The molecule has 156 valence electrons. The Hall–Kier alpha value is -2.11. The number of hydrogen-bond donors (Lipinski definition) is 2. The first-order chi connectivity index (χ1) is 13.8. The molecule has 2 aromatic rings. The van der Waals surface area contributed by atoms with E-state index < -0.39 is 0 Å². The van der Waals surface area contributed by atoms with Crippen LogP contribution in [0.4, 0.5) is 0 Å². The molecule has 29 heavy (non-hydrogen) atoms. The van der Waals surface area contributed by atoms with Gasteiger partial charge in [0, 0.05) is 11.6 Å². The van der Waals surface area contributed by atoms with Crippen LogP contribution in [0.25, 0.3) is 0 Å². The zero-order valence-corrected chi connectivity index (χ0v) is 19.4. The third-order valence-electron chi connectivity index (χ3n) is 4.62. The second kappa shape index (κ2) is 11.2. The first kappa shape index (κ1) is 23.2. The van der Waals surface area contributed by atoms with Gasteiger partial charge in [0.15, 0.2) is 5.11 Å². The van der Waals surface area contributed by atoms with Gasteiger partial charge in [-0.15, -0.1) is 0 Å². The van der Waals surface area contributed by atoms with Crippen molar-refractivity contribution >= 4 is 35.1 Å². The molecule has 4 nitrogen and oxygen atoms in total. The maximum atomic E-state index is 6.32. The van der Waals surface area contributed by atoms with Gasteiger partial charge in [-0.2, -0.15) is 5.10 Å². The van der Waals surface area contributed by atoms with E-state index in [4.69, 9.17) is 28.6 Å². The maximum Gasteiger partial charge on any atom is 0.186 e. The largest absolute Gasteiger partial charge is 0.489 e. The van der Waals surface area contributed by atoms with Gasteiger partial charge in [-0.05, 0) is 84.4 Å². The van der Waals surface area contributed by atoms with Crippen molar-refractivity contribution in [3.63, 3.8) is 0 Å².